The number of benzene rings is 2. The molecule has 3 aromatic rings. The molecule has 0 saturated carbocycles. The number of fused-ring (bicyclic) bond motifs is 1. The van der Waals surface area contributed by atoms with Crippen LogP contribution in [0.25, 0.3) is 10.2 Å². The average Bonchev–Trinajstić information content (AvgIpc) is 2.92. The molecule has 0 N–H and O–H groups in total. The highest BCUT2D eigenvalue weighted by molar-refractivity contribution is 7.90. The zero-order valence-electron chi connectivity index (χ0n) is 15.4. The molecular weight excluding hydrogens is 404 g/mol. The van der Waals surface area contributed by atoms with Gasteiger partial charge in [0.2, 0.25) is 4.80 Å². The molecule has 0 fully saturated rings. The number of aryl methyl sites for hydroxylation is 2. The molecule has 3 rings (SSSR count). The van der Waals surface area contributed by atoms with Gasteiger partial charge in [-0.3, -0.25) is 0 Å². The van der Waals surface area contributed by atoms with E-state index in [1.807, 2.05) is 25.3 Å². The highest BCUT2D eigenvalue weighted by atomic mass is 35.5. The molecule has 0 aliphatic rings. The molecule has 8 heteroatoms. The van der Waals surface area contributed by atoms with Crippen LogP contribution in [0.15, 0.2) is 45.7 Å². The zero-order chi connectivity index (χ0) is 19.6. The van der Waals surface area contributed by atoms with E-state index in [1.165, 1.54) is 23.5 Å². The first-order chi connectivity index (χ1) is 12.8. The molecular formula is C19H21ClN2O3S2. The van der Waals surface area contributed by atoms with Gasteiger partial charge in [0.1, 0.15) is 0 Å². The van der Waals surface area contributed by atoms with E-state index >= 15 is 0 Å². The Balaban J connectivity index is 2.17. The first kappa shape index (κ1) is 20.1. The van der Waals surface area contributed by atoms with Crippen LogP contribution in [-0.4, -0.2) is 26.2 Å². The summed E-state index contributed by atoms with van der Waals surface area (Å²) in [5, 5.41) is 0.480. The molecule has 5 nitrogen and oxygen atoms in total. The first-order valence-electron chi connectivity index (χ1n) is 8.56. The minimum absolute atomic E-state index is 0.119. The third-order valence-electron chi connectivity index (χ3n) is 4.27. The van der Waals surface area contributed by atoms with E-state index in [0.717, 1.165) is 21.3 Å². The second-order valence-corrected chi connectivity index (χ2v) is 9.21. The van der Waals surface area contributed by atoms with Crippen molar-refractivity contribution in [1.29, 1.82) is 0 Å². The highest BCUT2D eigenvalue weighted by Crippen LogP contribution is 2.23. The molecule has 144 valence electrons. The topological polar surface area (TPSA) is 60.7 Å². The summed E-state index contributed by atoms with van der Waals surface area (Å²) in [6.07, 6.45) is 0. The summed E-state index contributed by atoms with van der Waals surface area (Å²) < 4.78 is 38.0. The highest BCUT2D eigenvalue weighted by Gasteiger charge is 2.15. The molecule has 0 atom stereocenters. The maximum atomic E-state index is 12.8. The third-order valence-corrected chi connectivity index (χ3v) is 6.96. The Hall–Kier alpha value is -1.67. The van der Waals surface area contributed by atoms with Crippen molar-refractivity contribution in [3.63, 3.8) is 0 Å². The lowest BCUT2D eigenvalue weighted by molar-refractivity contribution is 0.139. The van der Waals surface area contributed by atoms with Gasteiger partial charge in [-0.05, 0) is 68.3 Å². The Morgan fingerprint density at radius 1 is 1.15 bits per heavy atom. The van der Waals surface area contributed by atoms with Gasteiger partial charge >= 0.3 is 0 Å². The van der Waals surface area contributed by atoms with Crippen molar-refractivity contribution in [2.75, 3.05) is 13.2 Å². The number of halogens is 1. The molecule has 0 radical (unpaired) electrons. The van der Waals surface area contributed by atoms with Gasteiger partial charge in [0.25, 0.3) is 10.0 Å². The average molecular weight is 425 g/mol. The van der Waals surface area contributed by atoms with Crippen LogP contribution in [-0.2, 0) is 21.3 Å². The van der Waals surface area contributed by atoms with E-state index in [0.29, 0.717) is 29.6 Å². The van der Waals surface area contributed by atoms with Crippen LogP contribution in [0.4, 0.5) is 0 Å². The predicted molar refractivity (Wildman–Crippen MR) is 110 cm³/mol. The number of ether oxygens (including phenoxy) is 1. The van der Waals surface area contributed by atoms with Crippen molar-refractivity contribution >= 4 is 43.2 Å². The number of rotatable bonds is 6. The van der Waals surface area contributed by atoms with Crippen LogP contribution in [0.3, 0.4) is 0 Å². The SMILES string of the molecule is CCOCCn1/c(=N/S(=O)(=O)c2ccc(Cl)cc2)sc2cc(C)c(C)cc21. The van der Waals surface area contributed by atoms with Crippen molar-refractivity contribution in [1.82, 2.24) is 4.57 Å². The second-order valence-electron chi connectivity index (χ2n) is 6.16. The molecule has 1 aromatic heterocycles. The molecule has 0 bridgehead atoms. The molecule has 0 aliphatic carbocycles. The predicted octanol–water partition coefficient (Wildman–Crippen LogP) is 4.30. The summed E-state index contributed by atoms with van der Waals surface area (Å²) in [7, 11) is -3.84. The molecule has 0 spiro atoms. The van der Waals surface area contributed by atoms with Crippen LogP contribution < -0.4 is 4.80 Å². The number of sulfonamides is 1. The van der Waals surface area contributed by atoms with Gasteiger partial charge in [0.05, 0.1) is 21.7 Å². The van der Waals surface area contributed by atoms with Crippen LogP contribution >= 0.6 is 22.9 Å². The molecule has 27 heavy (non-hydrogen) atoms. The molecule has 0 amide bonds. The van der Waals surface area contributed by atoms with Crippen molar-refractivity contribution in [2.45, 2.75) is 32.2 Å². The largest absolute Gasteiger partial charge is 0.380 e. The second kappa shape index (κ2) is 8.14. The molecule has 0 unspecified atom stereocenters. The van der Waals surface area contributed by atoms with Gasteiger partial charge in [-0.15, -0.1) is 4.40 Å². The summed E-state index contributed by atoms with van der Waals surface area (Å²) in [5.74, 6) is 0. The van der Waals surface area contributed by atoms with Crippen LogP contribution in [0.5, 0.6) is 0 Å². The molecule has 0 saturated heterocycles. The van der Waals surface area contributed by atoms with Gasteiger partial charge in [0.15, 0.2) is 0 Å². The van der Waals surface area contributed by atoms with E-state index in [4.69, 9.17) is 16.3 Å². The normalized spacial score (nSPS) is 12.8. The standard InChI is InChI=1S/C19H21ClN2O3S2/c1-4-25-10-9-22-17-11-13(2)14(3)12-18(17)26-19(22)21-27(23,24)16-7-5-15(20)6-8-16/h5-8,11-12H,4,9-10H2,1-3H3/b21-19-. The Morgan fingerprint density at radius 3 is 2.48 bits per heavy atom. The Kier molecular flexibility index (Phi) is 6.05. The van der Waals surface area contributed by atoms with Gasteiger partial charge in [-0.25, -0.2) is 0 Å². The van der Waals surface area contributed by atoms with E-state index in [9.17, 15) is 8.42 Å². The number of hydrogen-bond acceptors (Lipinski definition) is 4. The van der Waals surface area contributed by atoms with Gasteiger partial charge in [-0.1, -0.05) is 22.9 Å². The summed E-state index contributed by atoms with van der Waals surface area (Å²) in [5.41, 5.74) is 3.28. The van der Waals surface area contributed by atoms with Crippen molar-refractivity contribution in [3.05, 3.63) is 57.3 Å². The Bertz CT molecular complexity index is 1130. The Labute approximate surface area is 168 Å². The maximum absolute atomic E-state index is 12.8. The lowest BCUT2D eigenvalue weighted by atomic mass is 10.1. The van der Waals surface area contributed by atoms with Crippen LogP contribution in [0.1, 0.15) is 18.1 Å². The van der Waals surface area contributed by atoms with Gasteiger partial charge in [0, 0.05) is 18.2 Å². The number of nitrogens with zero attached hydrogens (tertiary/aromatic N) is 2. The van der Waals surface area contributed by atoms with Crippen LogP contribution in [0, 0.1) is 13.8 Å². The fourth-order valence-corrected chi connectivity index (χ4v) is 5.13. The monoisotopic (exact) mass is 424 g/mol. The first-order valence-corrected chi connectivity index (χ1v) is 11.2. The van der Waals surface area contributed by atoms with Crippen molar-refractivity contribution in [2.24, 2.45) is 4.40 Å². The maximum Gasteiger partial charge on any atom is 0.285 e. The van der Waals surface area contributed by atoms with Gasteiger partial charge in [-0.2, -0.15) is 8.42 Å². The summed E-state index contributed by atoms with van der Waals surface area (Å²) in [4.78, 5) is 0.553. The molecule has 0 aliphatic heterocycles. The van der Waals surface area contributed by atoms with Crippen LogP contribution in [0.2, 0.25) is 5.02 Å². The fraction of sp³-hybridized carbons (Fsp3) is 0.316. The minimum atomic E-state index is -3.84. The molecule has 1 heterocycles. The number of hydrogen-bond donors (Lipinski definition) is 0. The number of aromatic nitrogens is 1. The van der Waals surface area contributed by atoms with Crippen molar-refractivity contribution in [3.8, 4) is 0 Å². The number of thiazole rings is 1. The van der Waals surface area contributed by atoms with E-state index in [1.54, 1.807) is 12.1 Å². The smallest absolute Gasteiger partial charge is 0.285 e. The zero-order valence-corrected chi connectivity index (χ0v) is 17.8. The fourth-order valence-electron chi connectivity index (χ4n) is 2.67. The third kappa shape index (κ3) is 4.43. The molecule has 2 aromatic carbocycles. The van der Waals surface area contributed by atoms with Gasteiger partial charge < -0.3 is 9.30 Å². The summed E-state index contributed by atoms with van der Waals surface area (Å²) in [6, 6.07) is 10.2. The minimum Gasteiger partial charge on any atom is -0.380 e. The lowest BCUT2D eigenvalue weighted by Crippen LogP contribution is -2.20. The quantitative estimate of drug-likeness (QED) is 0.554. The van der Waals surface area contributed by atoms with E-state index in [-0.39, 0.29) is 4.90 Å². The van der Waals surface area contributed by atoms with E-state index < -0.39 is 10.0 Å². The Morgan fingerprint density at radius 2 is 1.81 bits per heavy atom. The lowest BCUT2D eigenvalue weighted by Gasteiger charge is -2.07. The van der Waals surface area contributed by atoms with E-state index in [2.05, 4.69) is 16.5 Å². The summed E-state index contributed by atoms with van der Waals surface area (Å²) >= 11 is 7.22. The van der Waals surface area contributed by atoms with Crippen molar-refractivity contribution < 1.29 is 13.2 Å². The summed E-state index contributed by atoms with van der Waals surface area (Å²) in [6.45, 7) is 7.64.